The summed E-state index contributed by atoms with van der Waals surface area (Å²) in [5.41, 5.74) is 0.842. The maximum atomic E-state index is 14.2. The van der Waals surface area contributed by atoms with E-state index in [4.69, 9.17) is 21.1 Å². The number of methoxy groups -OCH3 is 1. The summed E-state index contributed by atoms with van der Waals surface area (Å²) < 4.78 is 25.3. The van der Waals surface area contributed by atoms with Crippen molar-refractivity contribution in [3.8, 4) is 22.9 Å². The van der Waals surface area contributed by atoms with E-state index in [9.17, 15) is 4.39 Å². The van der Waals surface area contributed by atoms with Crippen LogP contribution in [0.1, 0.15) is 13.8 Å². The van der Waals surface area contributed by atoms with E-state index in [0.717, 1.165) is 0 Å². The molecular formula is C19H18ClFN4O2. The van der Waals surface area contributed by atoms with Gasteiger partial charge in [0, 0.05) is 11.2 Å². The predicted molar refractivity (Wildman–Crippen MR) is 102 cm³/mol. The van der Waals surface area contributed by atoms with E-state index < -0.39 is 5.82 Å². The minimum atomic E-state index is -0.469. The van der Waals surface area contributed by atoms with Gasteiger partial charge in [-0.05, 0) is 38.1 Å². The van der Waals surface area contributed by atoms with Gasteiger partial charge in [0.25, 0.3) is 0 Å². The molecule has 0 spiro atoms. The van der Waals surface area contributed by atoms with Crippen LogP contribution in [0.2, 0.25) is 5.02 Å². The average Bonchev–Trinajstić information content (AvgIpc) is 2.65. The Morgan fingerprint density at radius 1 is 1.15 bits per heavy atom. The van der Waals surface area contributed by atoms with Crippen molar-refractivity contribution >= 4 is 23.1 Å². The van der Waals surface area contributed by atoms with Crippen molar-refractivity contribution in [2.75, 3.05) is 12.4 Å². The van der Waals surface area contributed by atoms with Crippen LogP contribution in [-0.2, 0) is 0 Å². The molecule has 0 amide bonds. The van der Waals surface area contributed by atoms with Crippen LogP contribution in [0.3, 0.4) is 0 Å². The van der Waals surface area contributed by atoms with Crippen LogP contribution in [0.4, 0.5) is 15.9 Å². The van der Waals surface area contributed by atoms with Crippen molar-refractivity contribution in [2.24, 2.45) is 0 Å². The maximum Gasteiger partial charge on any atom is 0.179 e. The van der Waals surface area contributed by atoms with Crippen LogP contribution in [0.25, 0.3) is 11.4 Å². The fourth-order valence-corrected chi connectivity index (χ4v) is 2.54. The summed E-state index contributed by atoms with van der Waals surface area (Å²) >= 11 is 5.98. The lowest BCUT2D eigenvalue weighted by Crippen LogP contribution is -2.08. The molecule has 0 aliphatic rings. The topological polar surface area (TPSA) is 69.2 Å². The second-order valence-electron chi connectivity index (χ2n) is 5.90. The highest BCUT2D eigenvalue weighted by Crippen LogP contribution is 2.33. The van der Waals surface area contributed by atoms with Crippen LogP contribution in [0, 0.1) is 5.82 Å². The molecule has 27 heavy (non-hydrogen) atoms. The molecule has 0 unspecified atom stereocenters. The van der Waals surface area contributed by atoms with Gasteiger partial charge in [-0.2, -0.15) is 0 Å². The third kappa shape index (κ3) is 4.43. The molecule has 2 aromatic heterocycles. The van der Waals surface area contributed by atoms with Gasteiger partial charge in [-0.15, -0.1) is 0 Å². The summed E-state index contributed by atoms with van der Waals surface area (Å²) in [5, 5.41) is 3.54. The fourth-order valence-electron chi connectivity index (χ4n) is 2.37. The molecule has 3 rings (SSSR count). The summed E-state index contributed by atoms with van der Waals surface area (Å²) in [4.78, 5) is 12.7. The van der Waals surface area contributed by atoms with E-state index in [1.165, 1.54) is 31.5 Å². The van der Waals surface area contributed by atoms with Crippen molar-refractivity contribution in [1.82, 2.24) is 15.0 Å². The Morgan fingerprint density at radius 2 is 1.96 bits per heavy atom. The third-order valence-corrected chi connectivity index (χ3v) is 3.78. The normalized spacial score (nSPS) is 10.7. The minimum Gasteiger partial charge on any atom is -0.491 e. The zero-order valence-electron chi connectivity index (χ0n) is 15.0. The number of hydrogen-bond acceptors (Lipinski definition) is 6. The van der Waals surface area contributed by atoms with E-state index in [2.05, 4.69) is 20.3 Å². The van der Waals surface area contributed by atoms with Gasteiger partial charge in [-0.3, -0.25) is 4.98 Å². The van der Waals surface area contributed by atoms with E-state index in [1.54, 1.807) is 18.5 Å². The van der Waals surface area contributed by atoms with Gasteiger partial charge in [0.05, 0.1) is 36.9 Å². The van der Waals surface area contributed by atoms with E-state index in [0.29, 0.717) is 28.0 Å². The maximum absolute atomic E-state index is 14.2. The van der Waals surface area contributed by atoms with E-state index in [-0.39, 0.29) is 17.5 Å². The first-order valence-corrected chi connectivity index (χ1v) is 8.60. The number of anilines is 2. The van der Waals surface area contributed by atoms with Gasteiger partial charge in [-0.1, -0.05) is 11.6 Å². The smallest absolute Gasteiger partial charge is 0.179 e. The highest BCUT2D eigenvalue weighted by atomic mass is 35.5. The van der Waals surface area contributed by atoms with Gasteiger partial charge < -0.3 is 14.8 Å². The zero-order chi connectivity index (χ0) is 19.4. The SMILES string of the molecule is COc1cnc(-c2cc(Cl)ccc2F)nc1Nc1ccncc1OC(C)C. The number of nitrogens with zero attached hydrogens (tertiary/aromatic N) is 3. The molecule has 140 valence electrons. The Bertz CT molecular complexity index is 953. The standard InChI is InChI=1S/C19H18ClFN4O2/c1-11(2)27-16-9-22-7-6-15(16)24-19-17(26-3)10-23-18(25-19)13-8-12(20)4-5-14(13)21/h4-11H,1-3H3,(H,22,23,24,25). The van der Waals surface area contributed by atoms with Gasteiger partial charge in [-0.25, -0.2) is 14.4 Å². The summed E-state index contributed by atoms with van der Waals surface area (Å²) in [6.07, 6.45) is 4.67. The van der Waals surface area contributed by atoms with Gasteiger partial charge >= 0.3 is 0 Å². The van der Waals surface area contributed by atoms with Crippen molar-refractivity contribution in [1.29, 1.82) is 0 Å². The molecule has 3 aromatic rings. The highest BCUT2D eigenvalue weighted by molar-refractivity contribution is 6.30. The molecule has 6 nitrogen and oxygen atoms in total. The van der Waals surface area contributed by atoms with E-state index in [1.807, 2.05) is 13.8 Å². The number of ether oxygens (including phenoxy) is 2. The third-order valence-electron chi connectivity index (χ3n) is 3.54. The Kier molecular flexibility index (Phi) is 5.71. The summed E-state index contributed by atoms with van der Waals surface area (Å²) in [6.45, 7) is 3.84. The quantitative estimate of drug-likeness (QED) is 0.649. The summed E-state index contributed by atoms with van der Waals surface area (Å²) in [5.74, 6) is 1.03. The molecule has 0 fully saturated rings. The highest BCUT2D eigenvalue weighted by Gasteiger charge is 2.15. The predicted octanol–water partition coefficient (Wildman–Crippen LogP) is 4.87. The number of hydrogen-bond donors (Lipinski definition) is 1. The molecule has 0 saturated heterocycles. The molecule has 1 N–H and O–H groups in total. The summed E-state index contributed by atoms with van der Waals surface area (Å²) in [7, 11) is 1.50. The van der Waals surface area contributed by atoms with Crippen molar-refractivity contribution in [3.63, 3.8) is 0 Å². The lowest BCUT2D eigenvalue weighted by Gasteiger charge is -2.16. The molecule has 0 atom stereocenters. The van der Waals surface area contributed by atoms with Crippen LogP contribution < -0.4 is 14.8 Å². The second-order valence-corrected chi connectivity index (χ2v) is 6.33. The van der Waals surface area contributed by atoms with Gasteiger partial charge in [0.2, 0.25) is 0 Å². The largest absolute Gasteiger partial charge is 0.491 e. The van der Waals surface area contributed by atoms with Crippen molar-refractivity contribution in [3.05, 3.63) is 53.7 Å². The lowest BCUT2D eigenvalue weighted by atomic mass is 10.2. The first kappa shape index (κ1) is 18.8. The van der Waals surface area contributed by atoms with Crippen molar-refractivity contribution < 1.29 is 13.9 Å². The number of nitrogens with one attached hydrogen (secondary N) is 1. The first-order valence-electron chi connectivity index (χ1n) is 8.22. The number of pyridine rings is 1. The van der Waals surface area contributed by atoms with Gasteiger partial charge in [0.15, 0.2) is 23.1 Å². The molecule has 2 heterocycles. The second kappa shape index (κ2) is 8.18. The average molecular weight is 389 g/mol. The number of aromatic nitrogens is 3. The van der Waals surface area contributed by atoms with Crippen LogP contribution in [0.15, 0.2) is 42.9 Å². The molecule has 0 bridgehead atoms. The molecule has 0 aliphatic heterocycles. The fraction of sp³-hybridized carbons (Fsp3) is 0.211. The van der Waals surface area contributed by atoms with Crippen LogP contribution >= 0.6 is 11.6 Å². The monoisotopic (exact) mass is 388 g/mol. The minimum absolute atomic E-state index is 0.0295. The Morgan fingerprint density at radius 3 is 2.70 bits per heavy atom. The first-order chi connectivity index (χ1) is 13.0. The molecule has 0 saturated carbocycles. The Hall–Kier alpha value is -2.93. The molecule has 8 heteroatoms. The van der Waals surface area contributed by atoms with Crippen LogP contribution in [0.5, 0.6) is 11.5 Å². The Labute approximate surface area is 161 Å². The number of rotatable bonds is 6. The zero-order valence-corrected chi connectivity index (χ0v) is 15.8. The number of halogens is 2. The molecule has 0 radical (unpaired) electrons. The summed E-state index contributed by atoms with van der Waals surface area (Å²) in [6, 6.07) is 5.96. The van der Waals surface area contributed by atoms with E-state index >= 15 is 0 Å². The Balaban J connectivity index is 2.02. The number of benzene rings is 1. The molecule has 0 aliphatic carbocycles. The van der Waals surface area contributed by atoms with Gasteiger partial charge in [0.1, 0.15) is 5.82 Å². The van der Waals surface area contributed by atoms with Crippen molar-refractivity contribution in [2.45, 2.75) is 20.0 Å². The lowest BCUT2D eigenvalue weighted by molar-refractivity contribution is 0.243. The van der Waals surface area contributed by atoms with Crippen LogP contribution in [-0.4, -0.2) is 28.2 Å². The molecule has 1 aromatic carbocycles. The molecular weight excluding hydrogens is 371 g/mol.